The van der Waals surface area contributed by atoms with Gasteiger partial charge in [0.1, 0.15) is 12.3 Å². The van der Waals surface area contributed by atoms with Gasteiger partial charge in [-0.1, -0.05) is 0 Å². The van der Waals surface area contributed by atoms with Crippen molar-refractivity contribution in [2.75, 3.05) is 26.2 Å². The first-order valence-electron chi connectivity index (χ1n) is 9.17. The quantitative estimate of drug-likeness (QED) is 0.401. The predicted molar refractivity (Wildman–Crippen MR) is 101 cm³/mol. The largest absolute Gasteiger partial charge is 0.478 e. The van der Waals surface area contributed by atoms with Crippen molar-refractivity contribution in [2.45, 2.75) is 18.9 Å². The molecule has 4 rings (SSSR count). The van der Waals surface area contributed by atoms with E-state index in [9.17, 15) is 9.59 Å². The molecule has 0 spiro atoms. The molecule has 2 saturated heterocycles. The molecule has 9 nitrogen and oxygen atoms in total. The van der Waals surface area contributed by atoms with Crippen LogP contribution < -0.4 is 5.32 Å². The number of carboxylic acids is 1. The van der Waals surface area contributed by atoms with E-state index in [-0.39, 0.29) is 18.6 Å². The maximum Gasteiger partial charge on any atom is 0.328 e. The number of carbonyl (C=O) groups is 2. The zero-order valence-electron chi connectivity index (χ0n) is 15.4. The molecule has 28 heavy (non-hydrogen) atoms. The Labute approximate surface area is 162 Å². The Morgan fingerprint density at radius 1 is 1.39 bits per heavy atom. The van der Waals surface area contributed by atoms with E-state index in [1.54, 1.807) is 12.4 Å². The third-order valence-electron chi connectivity index (χ3n) is 4.87. The van der Waals surface area contributed by atoms with Gasteiger partial charge in [-0.3, -0.25) is 10.1 Å². The van der Waals surface area contributed by atoms with E-state index in [0.29, 0.717) is 5.69 Å². The minimum atomic E-state index is -1.05. The van der Waals surface area contributed by atoms with E-state index in [1.807, 2.05) is 22.7 Å². The highest BCUT2D eigenvalue weighted by atomic mass is 17.1. The lowest BCUT2D eigenvalue weighted by atomic mass is 9.97. The van der Waals surface area contributed by atoms with E-state index in [0.717, 1.165) is 30.5 Å². The number of nitrogens with zero attached hydrogens (tertiary/aromatic N) is 3. The van der Waals surface area contributed by atoms with E-state index in [4.69, 9.17) is 10.4 Å². The molecule has 2 aliphatic heterocycles. The monoisotopic (exact) mass is 388 g/mol. The molecule has 3 N–H and O–H groups in total. The van der Waals surface area contributed by atoms with Crippen molar-refractivity contribution in [2.24, 2.45) is 5.92 Å². The summed E-state index contributed by atoms with van der Waals surface area (Å²) in [4.78, 5) is 32.2. The molecule has 1 amide bonds. The average Bonchev–Trinajstić information content (AvgIpc) is 3.27. The summed E-state index contributed by atoms with van der Waals surface area (Å²) >= 11 is 0. The standard InChI is InChI=1S/C15H18N4O.C4H6O4/c20-15(14-10-19-4-1-2-13(19)7-16-14)17-12-6-11-3-5-18(8-11)9-12;5-4(6)2-1-3-8-7/h1-2,4,7,10-12H,3,5-6,8-9H2,(H,17,20);1-2,7H,3H2,(H,5,6)/b;2-1+/t11-,12-;/m1./s1. The third kappa shape index (κ3) is 5.38. The van der Waals surface area contributed by atoms with Crippen LogP contribution in [0.3, 0.4) is 0 Å². The van der Waals surface area contributed by atoms with Gasteiger partial charge in [-0.2, -0.15) is 0 Å². The van der Waals surface area contributed by atoms with Gasteiger partial charge in [-0.15, -0.1) is 0 Å². The number of aromatic nitrogens is 2. The summed E-state index contributed by atoms with van der Waals surface area (Å²) in [5, 5.41) is 18.7. The molecular formula is C19H24N4O5. The molecule has 2 aromatic heterocycles. The summed E-state index contributed by atoms with van der Waals surface area (Å²) in [6, 6.07) is 4.19. The molecule has 1 unspecified atom stereocenters. The minimum absolute atomic E-state index is 0.0619. The number of nitrogens with one attached hydrogen (secondary N) is 1. The zero-order chi connectivity index (χ0) is 19.9. The summed E-state index contributed by atoms with van der Waals surface area (Å²) < 4.78 is 1.93. The summed E-state index contributed by atoms with van der Waals surface area (Å²) in [6.45, 7) is 3.28. The van der Waals surface area contributed by atoms with Gasteiger partial charge >= 0.3 is 5.97 Å². The van der Waals surface area contributed by atoms with Gasteiger partial charge in [0.25, 0.3) is 5.91 Å². The molecule has 2 aromatic rings. The number of hydrogen-bond acceptors (Lipinski definition) is 6. The van der Waals surface area contributed by atoms with Crippen molar-refractivity contribution in [1.82, 2.24) is 19.6 Å². The van der Waals surface area contributed by atoms with Crippen LogP contribution in [-0.4, -0.2) is 68.8 Å². The van der Waals surface area contributed by atoms with Gasteiger partial charge < -0.3 is 19.7 Å². The molecule has 0 radical (unpaired) electrons. The molecule has 2 bridgehead atoms. The molecule has 2 aliphatic rings. The van der Waals surface area contributed by atoms with Crippen molar-refractivity contribution in [3.8, 4) is 0 Å². The van der Waals surface area contributed by atoms with Crippen LogP contribution in [0.2, 0.25) is 0 Å². The molecule has 4 heterocycles. The summed E-state index contributed by atoms with van der Waals surface area (Å²) in [5.74, 6) is -0.357. The zero-order valence-corrected chi connectivity index (χ0v) is 15.4. The lowest BCUT2D eigenvalue weighted by Crippen LogP contribution is -2.47. The summed E-state index contributed by atoms with van der Waals surface area (Å²) in [7, 11) is 0. The Balaban J connectivity index is 0.000000242. The van der Waals surface area contributed by atoms with Crippen LogP contribution in [0.4, 0.5) is 0 Å². The lowest BCUT2D eigenvalue weighted by Gasteiger charge is -2.30. The highest BCUT2D eigenvalue weighted by Gasteiger charge is 2.33. The van der Waals surface area contributed by atoms with Crippen LogP contribution in [0.15, 0.2) is 42.9 Å². The molecule has 0 aliphatic carbocycles. The number of aliphatic carboxylic acids is 1. The first-order chi connectivity index (χ1) is 13.5. The topological polar surface area (TPSA) is 116 Å². The fourth-order valence-corrected chi connectivity index (χ4v) is 3.67. The average molecular weight is 388 g/mol. The van der Waals surface area contributed by atoms with E-state index in [1.165, 1.54) is 25.6 Å². The van der Waals surface area contributed by atoms with E-state index in [2.05, 4.69) is 20.1 Å². The molecule has 0 saturated carbocycles. The van der Waals surface area contributed by atoms with E-state index >= 15 is 0 Å². The van der Waals surface area contributed by atoms with Gasteiger partial charge in [0.2, 0.25) is 0 Å². The summed E-state index contributed by atoms with van der Waals surface area (Å²) in [5.41, 5.74) is 1.49. The van der Waals surface area contributed by atoms with Crippen LogP contribution in [-0.2, 0) is 9.68 Å². The lowest BCUT2D eigenvalue weighted by molar-refractivity contribution is -0.231. The van der Waals surface area contributed by atoms with Crippen molar-refractivity contribution in [3.05, 3.63) is 48.6 Å². The van der Waals surface area contributed by atoms with Crippen LogP contribution >= 0.6 is 0 Å². The van der Waals surface area contributed by atoms with Crippen molar-refractivity contribution in [3.63, 3.8) is 0 Å². The minimum Gasteiger partial charge on any atom is -0.478 e. The second-order valence-corrected chi connectivity index (χ2v) is 6.97. The molecule has 9 heteroatoms. The number of fused-ring (bicyclic) bond motifs is 3. The van der Waals surface area contributed by atoms with Crippen LogP contribution in [0.5, 0.6) is 0 Å². The second-order valence-electron chi connectivity index (χ2n) is 6.97. The van der Waals surface area contributed by atoms with Crippen molar-refractivity contribution < 1.29 is 24.8 Å². The van der Waals surface area contributed by atoms with Crippen molar-refractivity contribution in [1.29, 1.82) is 0 Å². The first kappa shape index (κ1) is 20.0. The number of hydrogen-bond donors (Lipinski definition) is 3. The van der Waals surface area contributed by atoms with Crippen LogP contribution in [0.25, 0.3) is 5.52 Å². The Bertz CT molecular complexity index is 838. The predicted octanol–water partition coefficient (Wildman–Crippen LogP) is 1.28. The molecule has 150 valence electrons. The molecular weight excluding hydrogens is 364 g/mol. The van der Waals surface area contributed by atoms with Gasteiger partial charge in [0.15, 0.2) is 0 Å². The van der Waals surface area contributed by atoms with Gasteiger partial charge in [0, 0.05) is 37.6 Å². The number of rotatable bonds is 5. The van der Waals surface area contributed by atoms with Crippen molar-refractivity contribution >= 4 is 17.4 Å². The Morgan fingerprint density at radius 2 is 2.25 bits per heavy atom. The highest BCUT2D eigenvalue weighted by molar-refractivity contribution is 5.92. The normalized spacial score (nSPS) is 23.4. The number of carboxylic acid groups (broad SMARTS) is 1. The maximum atomic E-state index is 12.3. The first-order valence-corrected chi connectivity index (χ1v) is 9.17. The van der Waals surface area contributed by atoms with Crippen LogP contribution in [0, 0.1) is 5.92 Å². The highest BCUT2D eigenvalue weighted by Crippen LogP contribution is 2.26. The SMILES string of the molecule is O=C(N[C@@H]1C[C@H]2CCN(C2)C1)c1cn2cccc2cn1.O=C(O)/C=C/COO. The number of piperidine rings is 1. The molecule has 2 fully saturated rings. The fourth-order valence-electron chi connectivity index (χ4n) is 3.67. The third-order valence-corrected chi connectivity index (χ3v) is 4.87. The van der Waals surface area contributed by atoms with E-state index < -0.39 is 5.97 Å². The smallest absolute Gasteiger partial charge is 0.328 e. The fraction of sp³-hybridized carbons (Fsp3) is 0.421. The Morgan fingerprint density at radius 3 is 3.00 bits per heavy atom. The van der Waals surface area contributed by atoms with Crippen LogP contribution in [0.1, 0.15) is 23.3 Å². The van der Waals surface area contributed by atoms with Gasteiger partial charge in [-0.25, -0.2) is 14.7 Å². The maximum absolute atomic E-state index is 12.3. The van der Waals surface area contributed by atoms with Gasteiger partial charge in [0.05, 0.1) is 11.7 Å². The Hall–Kier alpha value is -2.75. The molecule has 0 aromatic carbocycles. The second kappa shape index (κ2) is 9.45. The Kier molecular flexibility index (Phi) is 6.75. The number of carbonyl (C=O) groups excluding carboxylic acids is 1. The number of amides is 1. The molecule has 3 atom stereocenters. The van der Waals surface area contributed by atoms with Gasteiger partial charge in [-0.05, 0) is 43.5 Å². The summed E-state index contributed by atoms with van der Waals surface area (Å²) in [6.07, 6.45) is 9.91.